The van der Waals surface area contributed by atoms with E-state index in [0.717, 1.165) is 0 Å². The minimum absolute atomic E-state index is 0.0393. The van der Waals surface area contributed by atoms with Gasteiger partial charge in [-0.1, -0.05) is 12.1 Å². The molecule has 0 aliphatic heterocycles. The molecule has 1 N–H and O–H groups in total. The van der Waals surface area contributed by atoms with Gasteiger partial charge in [0.05, 0.1) is 10.6 Å². The van der Waals surface area contributed by atoms with Crippen LogP contribution in [0, 0.1) is 10.1 Å². The van der Waals surface area contributed by atoms with Crippen molar-refractivity contribution in [1.82, 2.24) is 4.57 Å². The van der Waals surface area contributed by atoms with Gasteiger partial charge >= 0.3 is 0 Å². The van der Waals surface area contributed by atoms with Gasteiger partial charge in [-0.2, -0.15) is 0 Å². The lowest BCUT2D eigenvalue weighted by Crippen LogP contribution is -2.19. The Hall–Kier alpha value is -3.22. The molecule has 2 rings (SSSR count). The SMILES string of the molecule is CCn1cc(NC(=O)/C=C/c2cccc([N+](=O)[O-])c2)ccc1=O. The number of nitrogens with zero attached hydrogens (tertiary/aromatic N) is 2. The lowest BCUT2D eigenvalue weighted by molar-refractivity contribution is -0.384. The highest BCUT2D eigenvalue weighted by molar-refractivity contribution is 6.01. The summed E-state index contributed by atoms with van der Waals surface area (Å²) >= 11 is 0. The first-order chi connectivity index (χ1) is 11.0. The highest BCUT2D eigenvalue weighted by Crippen LogP contribution is 2.14. The van der Waals surface area contributed by atoms with E-state index in [-0.39, 0.29) is 11.2 Å². The van der Waals surface area contributed by atoms with Crippen LogP contribution in [0.5, 0.6) is 0 Å². The molecule has 7 heteroatoms. The molecule has 0 fully saturated rings. The number of anilines is 1. The number of benzene rings is 1. The molecular weight excluding hydrogens is 298 g/mol. The van der Waals surface area contributed by atoms with Crippen molar-refractivity contribution in [2.75, 3.05) is 5.32 Å². The summed E-state index contributed by atoms with van der Waals surface area (Å²) in [6.07, 6.45) is 4.32. The number of hydrogen-bond donors (Lipinski definition) is 1. The number of nitro groups is 1. The zero-order valence-corrected chi connectivity index (χ0v) is 12.4. The molecule has 0 radical (unpaired) electrons. The average molecular weight is 313 g/mol. The minimum atomic E-state index is -0.495. The highest BCUT2D eigenvalue weighted by atomic mass is 16.6. The highest BCUT2D eigenvalue weighted by Gasteiger charge is 2.04. The molecule has 0 spiro atoms. The number of amides is 1. The molecule has 1 amide bonds. The molecule has 7 nitrogen and oxygen atoms in total. The summed E-state index contributed by atoms with van der Waals surface area (Å²) in [5.74, 6) is -0.391. The Balaban J connectivity index is 2.08. The van der Waals surface area contributed by atoms with E-state index >= 15 is 0 Å². The molecular formula is C16H15N3O4. The second-order valence-electron chi connectivity index (χ2n) is 4.72. The van der Waals surface area contributed by atoms with Gasteiger partial charge in [0, 0.05) is 37.0 Å². The normalized spacial score (nSPS) is 10.7. The third-order valence-corrected chi connectivity index (χ3v) is 3.10. The second-order valence-corrected chi connectivity index (χ2v) is 4.72. The minimum Gasteiger partial charge on any atom is -0.321 e. The van der Waals surface area contributed by atoms with Gasteiger partial charge in [0.2, 0.25) is 5.91 Å². The predicted octanol–water partition coefficient (Wildman–Crippen LogP) is 2.43. The van der Waals surface area contributed by atoms with E-state index in [2.05, 4.69) is 5.32 Å². The zero-order chi connectivity index (χ0) is 16.8. The maximum absolute atomic E-state index is 11.9. The maximum atomic E-state index is 11.9. The summed E-state index contributed by atoms with van der Waals surface area (Å²) in [5.41, 5.74) is 0.869. The molecule has 23 heavy (non-hydrogen) atoms. The molecule has 0 aliphatic rings. The van der Waals surface area contributed by atoms with E-state index in [1.807, 2.05) is 6.92 Å². The molecule has 1 heterocycles. The second kappa shape index (κ2) is 7.17. The van der Waals surface area contributed by atoms with E-state index in [9.17, 15) is 19.7 Å². The van der Waals surface area contributed by atoms with Crippen molar-refractivity contribution in [2.45, 2.75) is 13.5 Å². The summed E-state index contributed by atoms with van der Waals surface area (Å²) in [4.78, 5) is 33.5. The number of carbonyl (C=O) groups excluding carboxylic acids is 1. The maximum Gasteiger partial charge on any atom is 0.270 e. The van der Waals surface area contributed by atoms with Gasteiger partial charge in [-0.25, -0.2) is 0 Å². The van der Waals surface area contributed by atoms with Crippen molar-refractivity contribution in [1.29, 1.82) is 0 Å². The lowest BCUT2D eigenvalue weighted by atomic mass is 10.2. The molecule has 0 unspecified atom stereocenters. The Morgan fingerprint density at radius 2 is 2.13 bits per heavy atom. The van der Waals surface area contributed by atoms with Crippen LogP contribution in [0.3, 0.4) is 0 Å². The topological polar surface area (TPSA) is 94.2 Å². The third kappa shape index (κ3) is 4.37. The fraction of sp³-hybridized carbons (Fsp3) is 0.125. The molecule has 0 saturated carbocycles. The van der Waals surface area contributed by atoms with Crippen LogP contribution in [-0.4, -0.2) is 15.4 Å². The van der Waals surface area contributed by atoms with Crippen LogP contribution >= 0.6 is 0 Å². The molecule has 1 aromatic heterocycles. The number of aromatic nitrogens is 1. The van der Waals surface area contributed by atoms with Gasteiger partial charge in [-0.05, 0) is 24.6 Å². The summed E-state index contributed by atoms with van der Waals surface area (Å²) < 4.78 is 1.47. The van der Waals surface area contributed by atoms with E-state index < -0.39 is 10.8 Å². The van der Waals surface area contributed by atoms with Crippen molar-refractivity contribution in [2.24, 2.45) is 0 Å². The fourth-order valence-electron chi connectivity index (χ4n) is 1.95. The molecule has 118 valence electrons. The number of carbonyl (C=O) groups is 1. The van der Waals surface area contributed by atoms with Gasteiger partial charge in [0.1, 0.15) is 0 Å². The Labute approximate surface area is 132 Å². The predicted molar refractivity (Wildman–Crippen MR) is 87.1 cm³/mol. The van der Waals surface area contributed by atoms with E-state index in [4.69, 9.17) is 0 Å². The molecule has 0 bridgehead atoms. The van der Waals surface area contributed by atoms with Crippen molar-refractivity contribution in [3.05, 3.63) is 74.7 Å². The molecule has 0 aliphatic carbocycles. The Morgan fingerprint density at radius 1 is 1.35 bits per heavy atom. The Bertz CT molecular complexity index is 824. The van der Waals surface area contributed by atoms with Crippen molar-refractivity contribution in [3.8, 4) is 0 Å². The number of nitrogens with one attached hydrogen (secondary N) is 1. The summed E-state index contributed by atoms with van der Waals surface area (Å²) in [6, 6.07) is 8.87. The van der Waals surface area contributed by atoms with E-state index in [0.29, 0.717) is 17.8 Å². The van der Waals surface area contributed by atoms with Crippen LogP contribution in [0.2, 0.25) is 0 Å². The van der Waals surface area contributed by atoms with Crippen LogP contribution in [0.4, 0.5) is 11.4 Å². The molecule has 1 aromatic carbocycles. The Kier molecular flexibility index (Phi) is 5.03. The molecule has 0 atom stereocenters. The number of hydrogen-bond acceptors (Lipinski definition) is 4. The quantitative estimate of drug-likeness (QED) is 0.521. The number of aryl methyl sites for hydroxylation is 1. The lowest BCUT2D eigenvalue weighted by Gasteiger charge is -2.05. The summed E-state index contributed by atoms with van der Waals surface area (Å²) in [5, 5.41) is 13.3. The Morgan fingerprint density at radius 3 is 2.83 bits per heavy atom. The van der Waals surface area contributed by atoms with Crippen molar-refractivity contribution in [3.63, 3.8) is 0 Å². The summed E-state index contributed by atoms with van der Waals surface area (Å²) in [6.45, 7) is 2.33. The summed E-state index contributed by atoms with van der Waals surface area (Å²) in [7, 11) is 0. The largest absolute Gasteiger partial charge is 0.321 e. The molecule has 0 saturated heterocycles. The van der Waals surface area contributed by atoms with Gasteiger partial charge in [0.25, 0.3) is 11.2 Å². The number of nitro benzene ring substituents is 1. The van der Waals surface area contributed by atoms with E-state index in [1.54, 1.807) is 18.3 Å². The van der Waals surface area contributed by atoms with Crippen LogP contribution in [-0.2, 0) is 11.3 Å². The molecule has 2 aromatic rings. The smallest absolute Gasteiger partial charge is 0.270 e. The van der Waals surface area contributed by atoms with Gasteiger partial charge in [-0.3, -0.25) is 19.7 Å². The van der Waals surface area contributed by atoms with Gasteiger partial charge in [-0.15, -0.1) is 0 Å². The monoisotopic (exact) mass is 313 g/mol. The fourth-order valence-corrected chi connectivity index (χ4v) is 1.95. The standard InChI is InChI=1S/C16H15N3O4/c1-2-18-11-13(7-9-16(18)21)17-15(20)8-6-12-4-3-5-14(10-12)19(22)23/h3-11H,2H2,1H3,(H,17,20)/b8-6+. The van der Waals surface area contributed by atoms with Gasteiger partial charge < -0.3 is 9.88 Å². The van der Waals surface area contributed by atoms with Gasteiger partial charge in [0.15, 0.2) is 0 Å². The number of pyridine rings is 1. The van der Waals surface area contributed by atoms with Crippen LogP contribution in [0.25, 0.3) is 6.08 Å². The first-order valence-electron chi connectivity index (χ1n) is 6.93. The number of rotatable bonds is 5. The third-order valence-electron chi connectivity index (χ3n) is 3.10. The van der Waals surface area contributed by atoms with Crippen LogP contribution < -0.4 is 10.9 Å². The zero-order valence-electron chi connectivity index (χ0n) is 12.4. The van der Waals surface area contributed by atoms with Crippen LogP contribution in [0.15, 0.2) is 53.5 Å². The van der Waals surface area contributed by atoms with Crippen LogP contribution in [0.1, 0.15) is 12.5 Å². The van der Waals surface area contributed by atoms with E-state index in [1.165, 1.54) is 41.0 Å². The van der Waals surface area contributed by atoms with Crippen molar-refractivity contribution >= 4 is 23.4 Å². The average Bonchev–Trinajstić information content (AvgIpc) is 2.55. The first kappa shape index (κ1) is 16.2. The van der Waals surface area contributed by atoms with Crippen molar-refractivity contribution < 1.29 is 9.72 Å². The number of non-ortho nitro benzene ring substituents is 1. The first-order valence-corrected chi connectivity index (χ1v) is 6.93.